The lowest BCUT2D eigenvalue weighted by Crippen LogP contribution is -2.47. The summed E-state index contributed by atoms with van der Waals surface area (Å²) >= 11 is 0. The predicted octanol–water partition coefficient (Wildman–Crippen LogP) is -0.742. The number of anilines is 1. The van der Waals surface area contributed by atoms with Gasteiger partial charge in [0, 0.05) is 19.1 Å². The molecule has 0 radical (unpaired) electrons. The predicted molar refractivity (Wildman–Crippen MR) is 59.4 cm³/mol. The highest BCUT2D eigenvalue weighted by atomic mass is 16.4. The van der Waals surface area contributed by atoms with Crippen LogP contribution in [-0.4, -0.2) is 41.8 Å². The van der Waals surface area contributed by atoms with Gasteiger partial charge in [-0.2, -0.15) is 0 Å². The minimum Gasteiger partial charge on any atom is -0.407 e. The molecule has 1 saturated heterocycles. The molecule has 2 N–H and O–H groups in total. The molecular weight excluding hydrogens is 222 g/mol. The lowest BCUT2D eigenvalue weighted by molar-refractivity contribution is -0.120. The summed E-state index contributed by atoms with van der Waals surface area (Å²) in [6.07, 6.45) is 2.46. The Kier molecular flexibility index (Phi) is 2.68. The van der Waals surface area contributed by atoms with Gasteiger partial charge in [0.2, 0.25) is 11.8 Å². The van der Waals surface area contributed by atoms with E-state index >= 15 is 0 Å². The minimum atomic E-state index is -0.00731. The van der Waals surface area contributed by atoms with Gasteiger partial charge in [0.15, 0.2) is 0 Å². The lowest BCUT2D eigenvalue weighted by atomic mass is 10.4. The molecule has 7 heteroatoms. The van der Waals surface area contributed by atoms with Gasteiger partial charge in [0.1, 0.15) is 6.54 Å². The van der Waals surface area contributed by atoms with Crippen molar-refractivity contribution in [2.75, 3.05) is 24.5 Å². The van der Waals surface area contributed by atoms with Gasteiger partial charge in [0.05, 0.1) is 6.54 Å². The molecule has 2 fully saturated rings. The molecular formula is C10H15N5O2. The average molecular weight is 237 g/mol. The molecule has 0 unspecified atom stereocenters. The van der Waals surface area contributed by atoms with E-state index in [-0.39, 0.29) is 12.5 Å². The van der Waals surface area contributed by atoms with Crippen molar-refractivity contribution in [2.24, 2.45) is 0 Å². The third kappa shape index (κ3) is 2.55. The third-order valence-electron chi connectivity index (χ3n) is 2.88. The maximum atomic E-state index is 11.2. The third-order valence-corrected chi connectivity index (χ3v) is 2.88. The van der Waals surface area contributed by atoms with Crippen molar-refractivity contribution < 1.29 is 9.21 Å². The van der Waals surface area contributed by atoms with Crippen LogP contribution in [0.4, 0.5) is 6.01 Å². The molecule has 3 rings (SSSR count). The van der Waals surface area contributed by atoms with Gasteiger partial charge in [-0.25, -0.2) is 0 Å². The summed E-state index contributed by atoms with van der Waals surface area (Å²) in [4.78, 5) is 13.0. The molecule has 0 aromatic carbocycles. The van der Waals surface area contributed by atoms with Crippen molar-refractivity contribution in [1.29, 1.82) is 0 Å². The van der Waals surface area contributed by atoms with Crippen LogP contribution in [0.5, 0.6) is 0 Å². The Balaban J connectivity index is 1.60. The van der Waals surface area contributed by atoms with E-state index < -0.39 is 0 Å². The van der Waals surface area contributed by atoms with Crippen LogP contribution in [0, 0.1) is 0 Å². The summed E-state index contributed by atoms with van der Waals surface area (Å²) in [7, 11) is 0. The van der Waals surface area contributed by atoms with Crippen molar-refractivity contribution in [1.82, 2.24) is 20.8 Å². The van der Waals surface area contributed by atoms with Gasteiger partial charge >= 0.3 is 6.01 Å². The molecule has 2 heterocycles. The van der Waals surface area contributed by atoms with E-state index in [0.717, 1.165) is 0 Å². The van der Waals surface area contributed by atoms with Crippen LogP contribution < -0.4 is 15.5 Å². The molecule has 1 saturated carbocycles. The van der Waals surface area contributed by atoms with Crippen molar-refractivity contribution in [2.45, 2.75) is 25.4 Å². The molecule has 92 valence electrons. The van der Waals surface area contributed by atoms with Crippen molar-refractivity contribution in [3.8, 4) is 0 Å². The maximum absolute atomic E-state index is 11.2. The van der Waals surface area contributed by atoms with Crippen LogP contribution >= 0.6 is 0 Å². The summed E-state index contributed by atoms with van der Waals surface area (Å²) in [5, 5.41) is 14.0. The Morgan fingerprint density at radius 2 is 2.35 bits per heavy atom. The highest BCUT2D eigenvalue weighted by Gasteiger charge is 2.23. The first-order valence-corrected chi connectivity index (χ1v) is 5.89. The van der Waals surface area contributed by atoms with E-state index in [1.54, 1.807) is 4.90 Å². The fraction of sp³-hybridized carbons (Fsp3) is 0.700. The first kappa shape index (κ1) is 10.5. The monoisotopic (exact) mass is 237 g/mol. The molecule has 2 aliphatic rings. The minimum absolute atomic E-state index is 0.00731. The van der Waals surface area contributed by atoms with Gasteiger partial charge in [-0.1, -0.05) is 5.10 Å². The number of rotatable bonds is 4. The second kappa shape index (κ2) is 4.33. The van der Waals surface area contributed by atoms with Crippen molar-refractivity contribution in [3.63, 3.8) is 0 Å². The zero-order valence-electron chi connectivity index (χ0n) is 9.48. The number of aromatic nitrogens is 2. The van der Waals surface area contributed by atoms with Crippen molar-refractivity contribution >= 4 is 11.9 Å². The Morgan fingerprint density at radius 1 is 1.47 bits per heavy atom. The highest BCUT2D eigenvalue weighted by molar-refractivity contribution is 5.81. The normalized spacial score (nSPS) is 20.5. The Morgan fingerprint density at radius 3 is 3.12 bits per heavy atom. The van der Waals surface area contributed by atoms with Crippen molar-refractivity contribution in [3.05, 3.63) is 5.89 Å². The van der Waals surface area contributed by atoms with Crippen LogP contribution in [0.1, 0.15) is 18.7 Å². The number of carbonyl (C=O) groups excluding carboxylic acids is 1. The molecule has 1 amide bonds. The molecule has 0 spiro atoms. The van der Waals surface area contributed by atoms with Gasteiger partial charge in [-0.3, -0.25) is 4.79 Å². The van der Waals surface area contributed by atoms with Crippen LogP contribution in [0.2, 0.25) is 0 Å². The zero-order valence-corrected chi connectivity index (χ0v) is 9.48. The smallest absolute Gasteiger partial charge is 0.318 e. The SMILES string of the molecule is O=C1CN(c2nnc(CNC3CC3)o2)CCN1. The molecule has 17 heavy (non-hydrogen) atoms. The number of nitrogens with zero attached hydrogens (tertiary/aromatic N) is 3. The lowest BCUT2D eigenvalue weighted by Gasteiger charge is -2.24. The van der Waals surface area contributed by atoms with Crippen LogP contribution in [0.25, 0.3) is 0 Å². The number of carbonyl (C=O) groups is 1. The number of hydrogen-bond acceptors (Lipinski definition) is 6. The molecule has 0 atom stereocenters. The molecule has 7 nitrogen and oxygen atoms in total. The Labute approximate surface area is 98.6 Å². The van der Waals surface area contributed by atoms with Gasteiger partial charge < -0.3 is 20.0 Å². The van der Waals surface area contributed by atoms with Crippen LogP contribution in [0.15, 0.2) is 4.42 Å². The van der Waals surface area contributed by atoms with E-state index in [4.69, 9.17) is 4.42 Å². The molecule has 1 aromatic heterocycles. The number of piperazine rings is 1. The topological polar surface area (TPSA) is 83.3 Å². The summed E-state index contributed by atoms with van der Waals surface area (Å²) in [6, 6.07) is 1.05. The number of amides is 1. The first-order chi connectivity index (χ1) is 8.31. The molecule has 1 aliphatic carbocycles. The summed E-state index contributed by atoms with van der Waals surface area (Å²) < 4.78 is 5.51. The molecule has 1 aliphatic heterocycles. The number of hydrogen-bond donors (Lipinski definition) is 2. The Bertz CT molecular complexity index is 415. The standard InChI is InChI=1S/C10H15N5O2/c16-8-6-15(4-3-11-8)10-14-13-9(17-10)5-12-7-1-2-7/h7,12H,1-6H2,(H,11,16). The van der Waals surface area contributed by atoms with Gasteiger partial charge in [-0.15, -0.1) is 5.10 Å². The number of nitrogens with one attached hydrogen (secondary N) is 2. The maximum Gasteiger partial charge on any atom is 0.318 e. The largest absolute Gasteiger partial charge is 0.407 e. The fourth-order valence-electron chi connectivity index (χ4n) is 1.76. The zero-order chi connectivity index (χ0) is 11.7. The quantitative estimate of drug-likeness (QED) is 0.717. The molecule has 0 bridgehead atoms. The summed E-state index contributed by atoms with van der Waals surface area (Å²) in [6.45, 7) is 2.23. The summed E-state index contributed by atoms with van der Waals surface area (Å²) in [5.41, 5.74) is 0. The highest BCUT2D eigenvalue weighted by Crippen LogP contribution is 2.19. The first-order valence-electron chi connectivity index (χ1n) is 5.89. The van der Waals surface area contributed by atoms with E-state index in [2.05, 4.69) is 20.8 Å². The van der Waals surface area contributed by atoms with E-state index in [0.29, 0.717) is 37.6 Å². The van der Waals surface area contributed by atoms with Crippen LogP contribution in [0.3, 0.4) is 0 Å². The molecule has 1 aromatic rings. The second-order valence-corrected chi connectivity index (χ2v) is 4.41. The summed E-state index contributed by atoms with van der Waals surface area (Å²) in [5.74, 6) is 0.574. The van der Waals surface area contributed by atoms with E-state index in [1.807, 2.05) is 0 Å². The average Bonchev–Trinajstić information content (AvgIpc) is 3.04. The van der Waals surface area contributed by atoms with E-state index in [1.165, 1.54) is 12.8 Å². The van der Waals surface area contributed by atoms with Gasteiger partial charge in [-0.05, 0) is 12.8 Å². The van der Waals surface area contributed by atoms with Crippen LogP contribution in [-0.2, 0) is 11.3 Å². The Hall–Kier alpha value is -1.63. The fourth-order valence-corrected chi connectivity index (χ4v) is 1.76. The van der Waals surface area contributed by atoms with Gasteiger partial charge in [0.25, 0.3) is 0 Å². The van der Waals surface area contributed by atoms with E-state index in [9.17, 15) is 4.79 Å². The second-order valence-electron chi connectivity index (χ2n) is 4.41.